The molecule has 4 rings (SSSR count). The zero-order chi connectivity index (χ0) is 20.9. The van der Waals surface area contributed by atoms with Crippen molar-refractivity contribution in [3.63, 3.8) is 0 Å². The molecule has 4 aliphatic rings. The fraction of sp³-hybridized carbons (Fsp3) is 0.850. The molecular formula is C20H28O8. The van der Waals surface area contributed by atoms with E-state index in [0.717, 1.165) is 0 Å². The number of hydrogen-bond acceptors (Lipinski definition) is 5. The summed E-state index contributed by atoms with van der Waals surface area (Å²) >= 11 is 0. The Kier molecular flexibility index (Phi) is 3.84. The molecule has 4 saturated carbocycles. The summed E-state index contributed by atoms with van der Waals surface area (Å²) in [4.78, 5) is 37.5. The van der Waals surface area contributed by atoms with E-state index >= 15 is 0 Å². The van der Waals surface area contributed by atoms with E-state index in [0.29, 0.717) is 19.3 Å². The Morgan fingerprint density at radius 3 is 2.14 bits per heavy atom. The topological polar surface area (TPSA) is 152 Å². The lowest BCUT2D eigenvalue weighted by atomic mass is 9.51. The second-order valence-corrected chi connectivity index (χ2v) is 10.1. The number of fused-ring (bicyclic) bond motifs is 3. The minimum Gasteiger partial charge on any atom is -0.481 e. The normalized spacial score (nSPS) is 54.6. The van der Waals surface area contributed by atoms with Gasteiger partial charge in [-0.05, 0) is 69.6 Å². The van der Waals surface area contributed by atoms with Crippen LogP contribution in [0.2, 0.25) is 0 Å². The summed E-state index contributed by atoms with van der Waals surface area (Å²) in [6.07, 6.45) is 0.338. The SMILES string of the molecule is C[C@]1(C(=O)O)[C@H]2[C@H](C(=O)O)[C@@]34CC(CC[C@H]3[C@]2(C(=O)O)CC[C@@H]1O)[C@](C)(O)C4. The van der Waals surface area contributed by atoms with Gasteiger partial charge in [-0.1, -0.05) is 0 Å². The van der Waals surface area contributed by atoms with Crippen molar-refractivity contribution in [2.24, 2.45) is 39.9 Å². The van der Waals surface area contributed by atoms with Crippen LogP contribution in [0.3, 0.4) is 0 Å². The zero-order valence-electron chi connectivity index (χ0n) is 16.1. The van der Waals surface area contributed by atoms with Crippen LogP contribution in [-0.2, 0) is 14.4 Å². The van der Waals surface area contributed by atoms with E-state index in [1.165, 1.54) is 6.92 Å². The first kappa shape index (κ1) is 19.6. The smallest absolute Gasteiger partial charge is 0.312 e. The number of aliphatic hydroxyl groups is 2. The van der Waals surface area contributed by atoms with Gasteiger partial charge in [0.2, 0.25) is 0 Å². The second-order valence-electron chi connectivity index (χ2n) is 10.1. The Balaban J connectivity index is 2.02. The number of carboxylic acids is 3. The maximum Gasteiger partial charge on any atom is 0.312 e. The van der Waals surface area contributed by atoms with Crippen LogP contribution < -0.4 is 0 Å². The van der Waals surface area contributed by atoms with Crippen molar-refractivity contribution in [1.29, 1.82) is 0 Å². The van der Waals surface area contributed by atoms with E-state index in [-0.39, 0.29) is 25.2 Å². The van der Waals surface area contributed by atoms with E-state index in [9.17, 15) is 39.9 Å². The van der Waals surface area contributed by atoms with Crippen LogP contribution in [0.4, 0.5) is 0 Å². The lowest BCUT2D eigenvalue weighted by Gasteiger charge is -2.51. The molecule has 28 heavy (non-hydrogen) atoms. The molecule has 0 radical (unpaired) electrons. The predicted octanol–water partition coefficient (Wildman–Crippen LogP) is 1.19. The van der Waals surface area contributed by atoms with E-state index < -0.39 is 63.6 Å². The fourth-order valence-electron chi connectivity index (χ4n) is 8.11. The Hall–Kier alpha value is -1.67. The number of hydrogen-bond donors (Lipinski definition) is 5. The summed E-state index contributed by atoms with van der Waals surface area (Å²) in [6.45, 7) is 2.98. The van der Waals surface area contributed by atoms with Crippen molar-refractivity contribution < 1.29 is 39.9 Å². The first-order valence-corrected chi connectivity index (χ1v) is 9.95. The third-order valence-electron chi connectivity index (χ3n) is 9.12. The van der Waals surface area contributed by atoms with Crippen LogP contribution in [-0.4, -0.2) is 55.1 Å². The molecule has 2 bridgehead atoms. The van der Waals surface area contributed by atoms with Crippen molar-refractivity contribution in [2.45, 2.75) is 64.1 Å². The molecule has 0 aliphatic heterocycles. The van der Waals surface area contributed by atoms with Crippen molar-refractivity contribution in [1.82, 2.24) is 0 Å². The van der Waals surface area contributed by atoms with Gasteiger partial charge in [0.25, 0.3) is 0 Å². The largest absolute Gasteiger partial charge is 0.481 e. The number of carbonyl (C=O) groups is 3. The second kappa shape index (κ2) is 5.48. The van der Waals surface area contributed by atoms with Crippen LogP contribution in [0.5, 0.6) is 0 Å². The van der Waals surface area contributed by atoms with Crippen molar-refractivity contribution in [3.8, 4) is 0 Å². The van der Waals surface area contributed by atoms with Crippen LogP contribution in [0.15, 0.2) is 0 Å². The molecule has 0 saturated heterocycles. The summed E-state index contributed by atoms with van der Waals surface area (Å²) in [5.74, 6) is -6.89. The lowest BCUT2D eigenvalue weighted by molar-refractivity contribution is -0.191. The highest BCUT2D eigenvalue weighted by Gasteiger charge is 2.81. The lowest BCUT2D eigenvalue weighted by Crippen LogP contribution is -2.60. The summed E-state index contributed by atoms with van der Waals surface area (Å²) in [7, 11) is 0. The molecule has 0 aromatic rings. The van der Waals surface area contributed by atoms with Gasteiger partial charge in [0.1, 0.15) is 0 Å². The molecule has 8 nitrogen and oxygen atoms in total. The molecule has 1 unspecified atom stereocenters. The highest BCUT2D eigenvalue weighted by Crippen LogP contribution is 2.78. The van der Waals surface area contributed by atoms with Crippen LogP contribution >= 0.6 is 0 Å². The van der Waals surface area contributed by atoms with E-state index in [2.05, 4.69) is 0 Å². The van der Waals surface area contributed by atoms with E-state index in [1.54, 1.807) is 6.92 Å². The van der Waals surface area contributed by atoms with E-state index in [4.69, 9.17) is 0 Å². The average Bonchev–Trinajstić information content (AvgIpc) is 2.96. The molecule has 0 heterocycles. The third-order valence-corrected chi connectivity index (χ3v) is 9.12. The first-order valence-electron chi connectivity index (χ1n) is 9.95. The Labute approximate surface area is 162 Å². The van der Waals surface area contributed by atoms with Gasteiger partial charge >= 0.3 is 17.9 Å². The molecule has 4 aliphatic carbocycles. The number of rotatable bonds is 3. The van der Waals surface area contributed by atoms with Gasteiger partial charge < -0.3 is 25.5 Å². The van der Waals surface area contributed by atoms with Gasteiger partial charge in [0.05, 0.1) is 28.5 Å². The quantitative estimate of drug-likeness (QED) is 0.477. The van der Waals surface area contributed by atoms with Gasteiger partial charge in [-0.2, -0.15) is 0 Å². The maximum absolute atomic E-state index is 12.7. The first-order chi connectivity index (χ1) is 12.9. The van der Waals surface area contributed by atoms with Crippen LogP contribution in [0, 0.1) is 39.9 Å². The third kappa shape index (κ3) is 1.95. The molecule has 0 aromatic heterocycles. The highest BCUT2D eigenvalue weighted by atomic mass is 16.4. The minimum absolute atomic E-state index is 0.00431. The average molecular weight is 396 g/mol. The molecule has 0 aromatic carbocycles. The zero-order valence-corrected chi connectivity index (χ0v) is 16.1. The molecule has 156 valence electrons. The van der Waals surface area contributed by atoms with Gasteiger partial charge in [-0.3, -0.25) is 14.4 Å². The summed E-state index contributed by atoms with van der Waals surface area (Å²) in [6, 6.07) is 0. The number of carboxylic acid groups (broad SMARTS) is 3. The Morgan fingerprint density at radius 2 is 1.61 bits per heavy atom. The molecular weight excluding hydrogens is 368 g/mol. The van der Waals surface area contributed by atoms with Gasteiger partial charge in [0.15, 0.2) is 0 Å². The summed E-state index contributed by atoms with van der Waals surface area (Å²) < 4.78 is 0. The number of aliphatic hydroxyl groups excluding tert-OH is 1. The molecule has 4 fully saturated rings. The van der Waals surface area contributed by atoms with Gasteiger partial charge in [-0.25, -0.2) is 0 Å². The number of aliphatic carboxylic acids is 3. The minimum atomic E-state index is -1.88. The Morgan fingerprint density at radius 1 is 0.964 bits per heavy atom. The van der Waals surface area contributed by atoms with Crippen molar-refractivity contribution in [2.75, 3.05) is 0 Å². The maximum atomic E-state index is 12.7. The monoisotopic (exact) mass is 396 g/mol. The standard InChI is InChI=1S/C20H28O8/c1-17(28)8-19-7-9(17)3-4-10(19)20(16(26)27)6-5-11(21)18(2,15(24)25)13(20)12(19)14(22)23/h9-13,21,28H,3-8H2,1-2H3,(H,22,23)(H,24,25)(H,26,27)/t9?,10-,11+,12-,13-,17-,18-,19-,20-/m1/s1. The van der Waals surface area contributed by atoms with Crippen LogP contribution in [0.25, 0.3) is 0 Å². The van der Waals surface area contributed by atoms with Crippen molar-refractivity contribution in [3.05, 3.63) is 0 Å². The molecule has 8 heteroatoms. The van der Waals surface area contributed by atoms with Gasteiger partial charge in [-0.15, -0.1) is 0 Å². The summed E-state index contributed by atoms with van der Waals surface area (Å²) in [5.41, 5.74) is -5.48. The van der Waals surface area contributed by atoms with Gasteiger partial charge in [0, 0.05) is 5.92 Å². The molecule has 9 atom stereocenters. The summed E-state index contributed by atoms with van der Waals surface area (Å²) in [5, 5.41) is 52.2. The predicted molar refractivity (Wildman–Crippen MR) is 94.2 cm³/mol. The van der Waals surface area contributed by atoms with Crippen molar-refractivity contribution >= 4 is 17.9 Å². The molecule has 1 spiro atoms. The molecule has 5 N–H and O–H groups in total. The fourth-order valence-corrected chi connectivity index (χ4v) is 8.11. The van der Waals surface area contributed by atoms with Crippen LogP contribution in [0.1, 0.15) is 52.4 Å². The highest BCUT2D eigenvalue weighted by molar-refractivity contribution is 5.86. The molecule has 0 amide bonds. The van der Waals surface area contributed by atoms with E-state index in [1.807, 2.05) is 0 Å². The Bertz CT molecular complexity index is 761.